The first-order valence-corrected chi connectivity index (χ1v) is 8.54. The minimum absolute atomic E-state index is 0.240. The molecule has 1 aromatic carbocycles. The van der Waals surface area contributed by atoms with E-state index in [1.165, 1.54) is 0 Å². The Morgan fingerprint density at radius 3 is 2.44 bits per heavy atom. The maximum atomic E-state index is 5.47. The Labute approximate surface area is 148 Å². The molecule has 0 saturated carbocycles. The van der Waals surface area contributed by atoms with Gasteiger partial charge < -0.3 is 19.3 Å². The molecular weight excluding hydrogens is 318 g/mol. The highest BCUT2D eigenvalue weighted by Gasteiger charge is 2.18. The summed E-state index contributed by atoms with van der Waals surface area (Å²) in [6.07, 6.45) is 0. The van der Waals surface area contributed by atoms with E-state index in [0.29, 0.717) is 18.4 Å². The Kier molecular flexibility index (Phi) is 4.92. The first-order valence-electron chi connectivity index (χ1n) is 8.54. The molecule has 2 aromatic rings. The third-order valence-corrected chi connectivity index (χ3v) is 4.02. The van der Waals surface area contributed by atoms with Gasteiger partial charge in [-0.1, -0.05) is 19.9 Å². The summed E-state index contributed by atoms with van der Waals surface area (Å²) in [7, 11) is 3.88. The zero-order chi connectivity index (χ0) is 18.0. The molecule has 0 fully saturated rings. The first-order chi connectivity index (χ1) is 12.0. The summed E-state index contributed by atoms with van der Waals surface area (Å²) < 4.78 is 10.9. The second-order valence-corrected chi connectivity index (χ2v) is 6.54. The maximum absolute atomic E-state index is 5.47. The molecular formula is C18H25N5O2. The summed E-state index contributed by atoms with van der Waals surface area (Å²) in [6, 6.07) is 6.01. The molecule has 0 bridgehead atoms. The van der Waals surface area contributed by atoms with Crippen LogP contribution in [0.2, 0.25) is 0 Å². The third kappa shape index (κ3) is 3.75. The van der Waals surface area contributed by atoms with Crippen molar-refractivity contribution in [1.29, 1.82) is 0 Å². The number of nitrogens with zero attached hydrogens (tertiary/aromatic N) is 5. The van der Waals surface area contributed by atoms with Gasteiger partial charge in [0.15, 0.2) is 11.5 Å². The lowest BCUT2D eigenvalue weighted by molar-refractivity contribution is 0.174. The normalized spacial score (nSPS) is 12.6. The number of hydrogen-bond acceptors (Lipinski definition) is 7. The topological polar surface area (TPSA) is 63.6 Å². The van der Waals surface area contributed by atoms with Gasteiger partial charge in [-0.3, -0.25) is 0 Å². The summed E-state index contributed by atoms with van der Waals surface area (Å²) in [5.74, 6) is 4.01. The van der Waals surface area contributed by atoms with Crippen molar-refractivity contribution >= 4 is 11.9 Å². The van der Waals surface area contributed by atoms with E-state index >= 15 is 0 Å². The van der Waals surface area contributed by atoms with Gasteiger partial charge in [0.05, 0.1) is 0 Å². The van der Waals surface area contributed by atoms with Gasteiger partial charge in [0.25, 0.3) is 0 Å². The van der Waals surface area contributed by atoms with Crippen molar-refractivity contribution in [1.82, 2.24) is 15.0 Å². The monoisotopic (exact) mass is 343 g/mol. The van der Waals surface area contributed by atoms with Crippen molar-refractivity contribution in [2.75, 3.05) is 37.2 Å². The molecule has 0 radical (unpaired) electrons. The zero-order valence-electron chi connectivity index (χ0n) is 15.5. The average molecular weight is 343 g/mol. The van der Waals surface area contributed by atoms with Crippen molar-refractivity contribution in [2.24, 2.45) is 0 Å². The van der Waals surface area contributed by atoms with Gasteiger partial charge in [-0.05, 0) is 24.6 Å². The predicted octanol–water partition coefficient (Wildman–Crippen LogP) is 2.82. The van der Waals surface area contributed by atoms with Crippen LogP contribution < -0.4 is 19.3 Å². The van der Waals surface area contributed by atoms with Gasteiger partial charge in [0.2, 0.25) is 18.7 Å². The smallest absolute Gasteiger partial charge is 0.231 e. The second-order valence-electron chi connectivity index (χ2n) is 6.54. The fourth-order valence-electron chi connectivity index (χ4n) is 2.55. The number of ether oxygens (including phenoxy) is 2. The lowest BCUT2D eigenvalue weighted by Gasteiger charge is -2.23. The SMILES string of the molecule is CCN(Cc1ccc2c(c1)OCO2)c1nc(C(C)C)nc(N(C)C)n1. The fraction of sp³-hybridized carbons (Fsp3) is 0.500. The largest absolute Gasteiger partial charge is 0.454 e. The number of rotatable bonds is 6. The lowest BCUT2D eigenvalue weighted by Crippen LogP contribution is -2.26. The Morgan fingerprint density at radius 2 is 1.76 bits per heavy atom. The molecule has 1 aromatic heterocycles. The standard InChI is InChI=1S/C18H25N5O2/c1-6-23(10-13-7-8-14-15(9-13)25-11-24-14)18-20-16(12(2)3)19-17(21-18)22(4)5/h7-9,12H,6,10-11H2,1-5H3. The third-order valence-electron chi connectivity index (χ3n) is 4.02. The van der Waals surface area contributed by atoms with E-state index in [1.807, 2.05) is 37.2 Å². The van der Waals surface area contributed by atoms with Crippen LogP contribution in [0, 0.1) is 0 Å². The van der Waals surface area contributed by atoms with Crippen LogP contribution in [0.1, 0.15) is 38.1 Å². The summed E-state index contributed by atoms with van der Waals surface area (Å²) in [5, 5.41) is 0. The molecule has 0 aliphatic carbocycles. The number of hydrogen-bond donors (Lipinski definition) is 0. The average Bonchev–Trinajstić information content (AvgIpc) is 3.06. The van der Waals surface area contributed by atoms with Crippen molar-refractivity contribution in [3.8, 4) is 11.5 Å². The maximum Gasteiger partial charge on any atom is 0.231 e. The fourth-order valence-corrected chi connectivity index (χ4v) is 2.55. The Morgan fingerprint density at radius 1 is 1.04 bits per heavy atom. The molecule has 0 unspecified atom stereocenters. The van der Waals surface area contributed by atoms with Crippen LogP contribution in [0.3, 0.4) is 0 Å². The summed E-state index contributed by atoms with van der Waals surface area (Å²) in [4.78, 5) is 17.9. The Balaban J connectivity index is 1.89. The van der Waals surface area contributed by atoms with E-state index in [2.05, 4.69) is 40.6 Å². The van der Waals surface area contributed by atoms with E-state index in [9.17, 15) is 0 Å². The van der Waals surface area contributed by atoms with Crippen molar-refractivity contribution < 1.29 is 9.47 Å². The molecule has 0 saturated heterocycles. The van der Waals surface area contributed by atoms with E-state index < -0.39 is 0 Å². The molecule has 2 heterocycles. The number of aromatic nitrogens is 3. The molecule has 7 heteroatoms. The van der Waals surface area contributed by atoms with Crippen LogP contribution in [0.25, 0.3) is 0 Å². The quantitative estimate of drug-likeness (QED) is 0.799. The summed E-state index contributed by atoms with van der Waals surface area (Å²) in [6.45, 7) is 8.05. The van der Waals surface area contributed by atoms with E-state index in [0.717, 1.165) is 29.4 Å². The molecule has 1 aliphatic heterocycles. The predicted molar refractivity (Wildman–Crippen MR) is 97.5 cm³/mol. The van der Waals surface area contributed by atoms with Crippen molar-refractivity contribution in [3.63, 3.8) is 0 Å². The molecule has 1 aliphatic rings. The van der Waals surface area contributed by atoms with Crippen LogP contribution >= 0.6 is 0 Å². The van der Waals surface area contributed by atoms with Crippen molar-refractivity contribution in [2.45, 2.75) is 33.2 Å². The molecule has 134 valence electrons. The number of benzene rings is 1. The second kappa shape index (κ2) is 7.13. The zero-order valence-corrected chi connectivity index (χ0v) is 15.5. The summed E-state index contributed by atoms with van der Waals surface area (Å²) in [5.41, 5.74) is 1.13. The van der Waals surface area contributed by atoms with Crippen LogP contribution in [0.5, 0.6) is 11.5 Å². The molecule has 0 atom stereocenters. The molecule has 0 amide bonds. The van der Waals surface area contributed by atoms with Crippen LogP contribution in [-0.4, -0.2) is 42.4 Å². The first kappa shape index (κ1) is 17.3. The van der Waals surface area contributed by atoms with E-state index in [4.69, 9.17) is 9.47 Å². The number of fused-ring (bicyclic) bond motifs is 1. The van der Waals surface area contributed by atoms with Crippen LogP contribution in [0.4, 0.5) is 11.9 Å². The van der Waals surface area contributed by atoms with Gasteiger partial charge in [-0.25, -0.2) is 0 Å². The van der Waals surface area contributed by atoms with E-state index in [1.54, 1.807) is 0 Å². The molecule has 25 heavy (non-hydrogen) atoms. The molecule has 0 spiro atoms. The molecule has 0 N–H and O–H groups in total. The van der Waals surface area contributed by atoms with E-state index in [-0.39, 0.29) is 12.7 Å². The van der Waals surface area contributed by atoms with Crippen LogP contribution in [-0.2, 0) is 6.54 Å². The van der Waals surface area contributed by atoms with Gasteiger partial charge in [0, 0.05) is 33.1 Å². The van der Waals surface area contributed by atoms with Crippen LogP contribution in [0.15, 0.2) is 18.2 Å². The van der Waals surface area contributed by atoms with Gasteiger partial charge >= 0.3 is 0 Å². The van der Waals surface area contributed by atoms with Gasteiger partial charge in [-0.2, -0.15) is 15.0 Å². The highest BCUT2D eigenvalue weighted by molar-refractivity contribution is 5.46. The Bertz CT molecular complexity index is 722. The van der Waals surface area contributed by atoms with Crippen molar-refractivity contribution in [3.05, 3.63) is 29.6 Å². The van der Waals surface area contributed by atoms with Gasteiger partial charge in [0.1, 0.15) is 5.82 Å². The highest BCUT2D eigenvalue weighted by atomic mass is 16.7. The lowest BCUT2D eigenvalue weighted by atomic mass is 10.2. The minimum Gasteiger partial charge on any atom is -0.454 e. The summed E-state index contributed by atoms with van der Waals surface area (Å²) >= 11 is 0. The molecule has 7 nitrogen and oxygen atoms in total. The number of anilines is 2. The minimum atomic E-state index is 0.240. The Hall–Kier alpha value is -2.57. The highest BCUT2D eigenvalue weighted by Crippen LogP contribution is 2.33. The molecule has 3 rings (SSSR count). The van der Waals surface area contributed by atoms with Gasteiger partial charge in [-0.15, -0.1) is 0 Å².